The van der Waals surface area contributed by atoms with Crippen LogP contribution >= 0.6 is 0 Å². The van der Waals surface area contributed by atoms with Crippen LogP contribution in [0.4, 0.5) is 14.9 Å². The third-order valence-electron chi connectivity index (χ3n) is 9.15. The summed E-state index contributed by atoms with van der Waals surface area (Å²) in [6, 6.07) is 22.1. The van der Waals surface area contributed by atoms with Crippen molar-refractivity contribution in [1.82, 2.24) is 4.90 Å². The molecule has 1 unspecified atom stereocenters. The topological polar surface area (TPSA) is 42.0 Å². The van der Waals surface area contributed by atoms with Gasteiger partial charge in [0.15, 0.2) is 7.28 Å². The Balaban J connectivity index is 1.36. The fraction of sp³-hybridized carbons (Fsp3) is 0.447. The number of nitrogens with zero attached hydrogens (tertiary/aromatic N) is 2. The van der Waals surface area contributed by atoms with Crippen molar-refractivity contribution in [1.29, 1.82) is 0 Å². The van der Waals surface area contributed by atoms with Crippen LogP contribution in [0.2, 0.25) is 6.32 Å². The number of amides is 1. The summed E-state index contributed by atoms with van der Waals surface area (Å²) < 4.78 is 24.8. The van der Waals surface area contributed by atoms with Crippen LogP contribution in [0.15, 0.2) is 60.7 Å². The van der Waals surface area contributed by atoms with Crippen LogP contribution in [0.5, 0.6) is 5.75 Å². The lowest BCUT2D eigenvalue weighted by molar-refractivity contribution is 0.0582. The minimum Gasteiger partial charge on any atom is -0.489 e. The van der Waals surface area contributed by atoms with Crippen LogP contribution in [-0.4, -0.2) is 62.8 Å². The smallest absolute Gasteiger partial charge is 0.414 e. The number of hydrogen-bond donors (Lipinski definition) is 0. The summed E-state index contributed by atoms with van der Waals surface area (Å²) in [5.74, 6) is 0.873. The molecule has 2 aliphatic heterocycles. The Morgan fingerprint density at radius 3 is 2.58 bits per heavy atom. The highest BCUT2D eigenvalue weighted by atomic mass is 19.1. The van der Waals surface area contributed by atoms with E-state index in [9.17, 15) is 9.18 Å². The number of allylic oxidation sites excluding steroid dienone is 1. The van der Waals surface area contributed by atoms with E-state index in [-0.39, 0.29) is 18.9 Å². The normalized spacial score (nSPS) is 18.6. The number of anilines is 1. The molecule has 2 heterocycles. The second kappa shape index (κ2) is 13.4. The Labute approximate surface area is 268 Å². The van der Waals surface area contributed by atoms with Crippen molar-refractivity contribution >= 4 is 35.7 Å². The molecule has 1 fully saturated rings. The van der Waals surface area contributed by atoms with Crippen molar-refractivity contribution < 1.29 is 18.7 Å². The van der Waals surface area contributed by atoms with Gasteiger partial charge in [-0.3, -0.25) is 14.2 Å². The van der Waals surface area contributed by atoms with Crippen LogP contribution in [0.3, 0.4) is 0 Å². The van der Waals surface area contributed by atoms with Crippen LogP contribution < -0.4 is 15.1 Å². The SMILES string of the molecule is Cc1ccc2c(c1)CCCC(c1ccc3c(c1)N(C(=O)OC(C)(C)C)CCB3)=C2c1ccc(OC2CCN(CCCF)C2)cc1. The van der Waals surface area contributed by atoms with Gasteiger partial charge in [-0.1, -0.05) is 59.8 Å². The highest BCUT2D eigenvalue weighted by molar-refractivity contribution is 6.56. The summed E-state index contributed by atoms with van der Waals surface area (Å²) >= 11 is 0. The van der Waals surface area contributed by atoms with E-state index in [2.05, 4.69) is 72.5 Å². The Hall–Kier alpha value is -3.58. The quantitative estimate of drug-likeness (QED) is 0.264. The van der Waals surface area contributed by atoms with Gasteiger partial charge in [-0.05, 0) is 111 Å². The molecule has 45 heavy (non-hydrogen) atoms. The average Bonchev–Trinajstić information content (AvgIpc) is 3.37. The number of rotatable bonds is 7. The van der Waals surface area contributed by atoms with E-state index < -0.39 is 5.60 Å². The van der Waals surface area contributed by atoms with E-state index in [4.69, 9.17) is 9.47 Å². The Morgan fingerprint density at radius 2 is 1.80 bits per heavy atom. The van der Waals surface area contributed by atoms with Gasteiger partial charge >= 0.3 is 6.09 Å². The van der Waals surface area contributed by atoms with Gasteiger partial charge in [0, 0.05) is 31.9 Å². The van der Waals surface area contributed by atoms with Crippen molar-refractivity contribution in [3.63, 3.8) is 0 Å². The van der Waals surface area contributed by atoms with Gasteiger partial charge in [0.05, 0.1) is 6.67 Å². The molecular formula is C38H46BFN2O3. The molecule has 7 heteroatoms. The number of alkyl halides is 1. The van der Waals surface area contributed by atoms with E-state index in [1.165, 1.54) is 38.9 Å². The van der Waals surface area contributed by atoms with E-state index in [1.807, 2.05) is 25.7 Å². The molecule has 0 aromatic heterocycles. The predicted molar refractivity (Wildman–Crippen MR) is 184 cm³/mol. The van der Waals surface area contributed by atoms with Crippen LogP contribution in [-0.2, 0) is 11.2 Å². The highest BCUT2D eigenvalue weighted by Crippen LogP contribution is 2.41. The maximum absolute atomic E-state index is 13.3. The van der Waals surface area contributed by atoms with Gasteiger partial charge < -0.3 is 9.47 Å². The molecule has 3 aliphatic rings. The maximum atomic E-state index is 13.3. The van der Waals surface area contributed by atoms with Crippen molar-refractivity contribution in [2.24, 2.45) is 0 Å². The van der Waals surface area contributed by atoms with Crippen LogP contribution in [0.25, 0.3) is 11.1 Å². The molecule has 1 saturated heterocycles. The Morgan fingerprint density at radius 1 is 1.00 bits per heavy atom. The highest BCUT2D eigenvalue weighted by Gasteiger charge is 2.29. The zero-order chi connectivity index (χ0) is 31.6. The maximum Gasteiger partial charge on any atom is 0.414 e. The number of hydrogen-bond acceptors (Lipinski definition) is 4. The zero-order valence-electron chi connectivity index (χ0n) is 27.3. The number of aryl methyl sites for hydroxylation is 2. The van der Waals surface area contributed by atoms with E-state index in [1.54, 1.807) is 0 Å². The van der Waals surface area contributed by atoms with Crippen molar-refractivity contribution in [2.75, 3.05) is 37.8 Å². The summed E-state index contributed by atoms with van der Waals surface area (Å²) in [5.41, 5.74) is 10.4. The first-order valence-electron chi connectivity index (χ1n) is 16.7. The second-order valence-corrected chi connectivity index (χ2v) is 13.8. The monoisotopic (exact) mass is 608 g/mol. The molecule has 1 amide bonds. The molecule has 236 valence electrons. The van der Waals surface area contributed by atoms with Crippen LogP contribution in [0.1, 0.15) is 74.3 Å². The summed E-state index contributed by atoms with van der Waals surface area (Å²) in [6.45, 7) is 10.9. The summed E-state index contributed by atoms with van der Waals surface area (Å²) in [5, 5.41) is 0. The molecule has 1 atom stereocenters. The number of carbonyl (C=O) groups excluding carboxylic acids is 1. The van der Waals surface area contributed by atoms with Gasteiger partial charge in [0.25, 0.3) is 0 Å². The molecule has 3 aromatic rings. The fourth-order valence-corrected chi connectivity index (χ4v) is 7.08. The third kappa shape index (κ3) is 7.30. The first-order chi connectivity index (χ1) is 21.7. The van der Waals surface area contributed by atoms with Crippen molar-refractivity contribution in [2.45, 2.75) is 77.8 Å². The number of halogens is 1. The summed E-state index contributed by atoms with van der Waals surface area (Å²) in [4.78, 5) is 17.4. The molecule has 0 saturated carbocycles. The minimum absolute atomic E-state index is 0.134. The molecule has 1 aliphatic carbocycles. The summed E-state index contributed by atoms with van der Waals surface area (Å²) in [7, 11) is 0.957. The van der Waals surface area contributed by atoms with Crippen molar-refractivity contribution in [3.05, 3.63) is 88.5 Å². The molecule has 6 rings (SSSR count). The lowest BCUT2D eigenvalue weighted by Gasteiger charge is -2.32. The van der Waals surface area contributed by atoms with Gasteiger partial charge in [0.2, 0.25) is 0 Å². The number of likely N-dealkylation sites (tertiary alicyclic amines) is 1. The molecule has 0 spiro atoms. The molecular weight excluding hydrogens is 562 g/mol. The average molecular weight is 609 g/mol. The number of fused-ring (bicyclic) bond motifs is 2. The van der Waals surface area contributed by atoms with Crippen LogP contribution in [0, 0.1) is 6.92 Å². The number of ether oxygens (including phenoxy) is 2. The zero-order valence-corrected chi connectivity index (χ0v) is 27.3. The predicted octanol–water partition coefficient (Wildman–Crippen LogP) is 7.34. The number of benzene rings is 3. The van der Waals surface area contributed by atoms with Gasteiger partial charge in [0.1, 0.15) is 17.5 Å². The molecule has 5 nitrogen and oxygen atoms in total. The third-order valence-corrected chi connectivity index (χ3v) is 9.15. The Kier molecular flexibility index (Phi) is 9.37. The van der Waals surface area contributed by atoms with Gasteiger partial charge in [-0.2, -0.15) is 0 Å². The Bertz CT molecular complexity index is 1560. The first-order valence-corrected chi connectivity index (χ1v) is 16.7. The molecule has 3 aromatic carbocycles. The lowest BCUT2D eigenvalue weighted by atomic mass is 9.64. The van der Waals surface area contributed by atoms with E-state index in [0.717, 1.165) is 75.9 Å². The second-order valence-electron chi connectivity index (χ2n) is 13.8. The van der Waals surface area contributed by atoms with Gasteiger partial charge in [-0.15, -0.1) is 0 Å². The fourth-order valence-electron chi connectivity index (χ4n) is 7.08. The summed E-state index contributed by atoms with van der Waals surface area (Å²) in [6.07, 6.45) is 5.37. The van der Waals surface area contributed by atoms with E-state index in [0.29, 0.717) is 13.0 Å². The van der Waals surface area contributed by atoms with Crippen molar-refractivity contribution in [3.8, 4) is 5.75 Å². The molecule has 0 N–H and O–H groups in total. The minimum atomic E-state index is -0.548. The van der Waals surface area contributed by atoms with Gasteiger partial charge in [-0.25, -0.2) is 4.79 Å². The standard InChI is InChI=1S/C38H46BFN2O3/c1-26-9-15-33-28(23-26)7-5-8-32(29-12-16-34-35(24-29)42(22-18-39-34)37(43)45-38(2,3)4)36(33)27-10-13-30(14-11-27)44-31-17-21-41(25-31)20-6-19-40/h9-16,23-24,31,39H,5-8,17-22,25H2,1-4H3. The molecule has 0 bridgehead atoms. The number of carbonyl (C=O) groups is 1. The first kappa shape index (κ1) is 31.4. The largest absolute Gasteiger partial charge is 0.489 e. The van der Waals surface area contributed by atoms with E-state index >= 15 is 0 Å². The molecule has 0 radical (unpaired) electrons. The lowest BCUT2D eigenvalue weighted by Crippen LogP contribution is -2.44.